The largest absolute Gasteiger partial charge is 0.336 e. The summed E-state index contributed by atoms with van der Waals surface area (Å²) in [5.74, 6) is -0.110. The molecule has 1 unspecified atom stereocenters. The summed E-state index contributed by atoms with van der Waals surface area (Å²) in [7, 11) is 0. The first-order valence-electron chi connectivity index (χ1n) is 5.74. The minimum absolute atomic E-state index is 0.110. The fourth-order valence-corrected chi connectivity index (χ4v) is 2.30. The molecule has 0 aromatic heterocycles. The first-order chi connectivity index (χ1) is 7.62. The molecule has 0 aliphatic carbocycles. The maximum Gasteiger partial charge on any atom is 0.226 e. The van der Waals surface area contributed by atoms with E-state index in [1.807, 2.05) is 25.7 Å². The number of carbonyl (C=O) groups is 1. The van der Waals surface area contributed by atoms with Gasteiger partial charge in [0.1, 0.15) is 6.17 Å². The number of rotatable bonds is 2. The van der Waals surface area contributed by atoms with Gasteiger partial charge >= 0.3 is 0 Å². The Labute approximate surface area is 118 Å². The highest BCUT2D eigenvalue weighted by atomic mass is 35.6. The molecule has 1 aliphatic rings. The molecule has 1 fully saturated rings. The predicted octanol–water partition coefficient (Wildman–Crippen LogP) is 2.94. The second kappa shape index (κ2) is 5.52. The van der Waals surface area contributed by atoms with Crippen molar-refractivity contribution in [1.29, 1.82) is 0 Å². The lowest BCUT2D eigenvalue weighted by molar-refractivity contribution is -0.130. The van der Waals surface area contributed by atoms with Crippen LogP contribution in [0.15, 0.2) is 0 Å². The smallest absolute Gasteiger partial charge is 0.226 e. The maximum atomic E-state index is 12.0. The molecule has 1 rings (SSSR count). The van der Waals surface area contributed by atoms with Crippen LogP contribution in [0.1, 0.15) is 33.6 Å². The topological polar surface area (TPSA) is 32.3 Å². The molecule has 100 valence electrons. The lowest BCUT2D eigenvalue weighted by Gasteiger charge is -2.35. The lowest BCUT2D eigenvalue weighted by atomic mass is 9.95. The van der Waals surface area contributed by atoms with Crippen LogP contribution in [-0.2, 0) is 4.79 Å². The average Bonchev–Trinajstić information content (AvgIpc) is 2.62. The van der Waals surface area contributed by atoms with E-state index in [0.29, 0.717) is 0 Å². The zero-order chi connectivity index (χ0) is 13.3. The summed E-state index contributed by atoms with van der Waals surface area (Å²) < 4.78 is -1.51. The van der Waals surface area contributed by atoms with Crippen molar-refractivity contribution in [3.8, 4) is 0 Å². The molecular formula is C11H19Cl3N2O. The van der Waals surface area contributed by atoms with Gasteiger partial charge in [0.25, 0.3) is 0 Å². The molecule has 1 atom stereocenters. The fraction of sp³-hybridized carbons (Fsp3) is 0.909. The van der Waals surface area contributed by atoms with Gasteiger partial charge in [-0.2, -0.15) is 0 Å². The van der Waals surface area contributed by atoms with E-state index in [1.165, 1.54) is 0 Å². The van der Waals surface area contributed by atoms with Gasteiger partial charge in [-0.25, -0.2) is 0 Å². The van der Waals surface area contributed by atoms with E-state index in [1.54, 1.807) is 0 Å². The monoisotopic (exact) mass is 300 g/mol. The molecule has 0 bridgehead atoms. The van der Waals surface area contributed by atoms with E-state index in [0.717, 1.165) is 25.9 Å². The minimum Gasteiger partial charge on any atom is -0.336 e. The normalized spacial score (nSPS) is 20.4. The van der Waals surface area contributed by atoms with Gasteiger partial charge in [0.2, 0.25) is 9.70 Å². The third kappa shape index (κ3) is 4.47. The average molecular weight is 302 g/mol. The molecule has 0 saturated carbocycles. The van der Waals surface area contributed by atoms with Crippen molar-refractivity contribution >= 4 is 40.7 Å². The van der Waals surface area contributed by atoms with Crippen molar-refractivity contribution in [2.75, 3.05) is 13.1 Å². The molecule has 1 saturated heterocycles. The van der Waals surface area contributed by atoms with Crippen LogP contribution < -0.4 is 5.32 Å². The summed E-state index contributed by atoms with van der Waals surface area (Å²) in [6.45, 7) is 7.21. The summed E-state index contributed by atoms with van der Waals surface area (Å²) in [6.07, 6.45) is 1.59. The predicted molar refractivity (Wildman–Crippen MR) is 72.5 cm³/mol. The molecule has 6 heteroatoms. The highest BCUT2D eigenvalue weighted by molar-refractivity contribution is 6.68. The van der Waals surface area contributed by atoms with Crippen LogP contribution in [0.3, 0.4) is 0 Å². The van der Waals surface area contributed by atoms with Gasteiger partial charge in [0, 0.05) is 18.5 Å². The van der Waals surface area contributed by atoms with E-state index in [2.05, 4.69) is 5.32 Å². The SMILES string of the molecule is CC(C)(C)C(=O)NC(N1CCCC1)C(Cl)(Cl)Cl. The third-order valence-electron chi connectivity index (χ3n) is 2.76. The van der Waals surface area contributed by atoms with E-state index in [-0.39, 0.29) is 5.91 Å². The van der Waals surface area contributed by atoms with Crippen molar-refractivity contribution in [2.24, 2.45) is 5.41 Å². The molecule has 1 heterocycles. The Morgan fingerprint density at radius 1 is 1.18 bits per heavy atom. The first kappa shape index (κ1) is 15.4. The molecule has 0 aromatic carbocycles. The van der Waals surface area contributed by atoms with Gasteiger partial charge < -0.3 is 5.32 Å². The molecule has 0 radical (unpaired) electrons. The van der Waals surface area contributed by atoms with Crippen LogP contribution in [0.4, 0.5) is 0 Å². The van der Waals surface area contributed by atoms with Crippen LogP contribution in [0.25, 0.3) is 0 Å². The van der Waals surface area contributed by atoms with Crippen molar-refractivity contribution in [2.45, 2.75) is 43.6 Å². The molecule has 1 aliphatic heterocycles. The fourth-order valence-electron chi connectivity index (χ4n) is 1.72. The van der Waals surface area contributed by atoms with Crippen LogP contribution in [0.2, 0.25) is 0 Å². The summed E-state index contributed by atoms with van der Waals surface area (Å²) in [5.41, 5.74) is -0.492. The van der Waals surface area contributed by atoms with Crippen LogP contribution in [-0.4, -0.2) is 33.9 Å². The molecule has 17 heavy (non-hydrogen) atoms. The number of hydrogen-bond donors (Lipinski definition) is 1. The van der Waals surface area contributed by atoms with E-state index < -0.39 is 15.4 Å². The standard InChI is InChI=1S/C11H19Cl3N2O/c1-10(2,3)9(17)15-8(11(12,13)14)16-6-4-5-7-16/h8H,4-7H2,1-3H3,(H,15,17). The lowest BCUT2D eigenvalue weighted by Crippen LogP contribution is -2.56. The second-order valence-electron chi connectivity index (χ2n) is 5.41. The van der Waals surface area contributed by atoms with Gasteiger partial charge in [-0.05, 0) is 12.8 Å². The Hall–Kier alpha value is 0.300. The zero-order valence-corrected chi connectivity index (χ0v) is 12.7. The van der Waals surface area contributed by atoms with E-state index in [9.17, 15) is 4.79 Å². The third-order valence-corrected chi connectivity index (χ3v) is 3.38. The van der Waals surface area contributed by atoms with Crippen LogP contribution in [0, 0.1) is 5.41 Å². The summed E-state index contributed by atoms with van der Waals surface area (Å²) in [4.78, 5) is 14.0. The van der Waals surface area contributed by atoms with Gasteiger partial charge in [-0.15, -0.1) is 0 Å². The number of nitrogens with one attached hydrogen (secondary N) is 1. The Kier molecular flexibility index (Phi) is 4.98. The first-order valence-corrected chi connectivity index (χ1v) is 6.87. The minimum atomic E-state index is -1.51. The van der Waals surface area contributed by atoms with Crippen molar-refractivity contribution < 1.29 is 4.79 Å². The van der Waals surface area contributed by atoms with E-state index in [4.69, 9.17) is 34.8 Å². The molecule has 3 nitrogen and oxygen atoms in total. The zero-order valence-electron chi connectivity index (χ0n) is 10.4. The van der Waals surface area contributed by atoms with Gasteiger partial charge in [-0.3, -0.25) is 9.69 Å². The molecule has 1 amide bonds. The Morgan fingerprint density at radius 3 is 2.00 bits per heavy atom. The van der Waals surface area contributed by atoms with Crippen molar-refractivity contribution in [3.63, 3.8) is 0 Å². The molecule has 0 spiro atoms. The molecule has 1 N–H and O–H groups in total. The van der Waals surface area contributed by atoms with Gasteiger partial charge in [0.05, 0.1) is 0 Å². The number of nitrogens with zero attached hydrogens (tertiary/aromatic N) is 1. The summed E-state index contributed by atoms with van der Waals surface area (Å²) in [5, 5.41) is 2.83. The molecule has 0 aromatic rings. The number of likely N-dealkylation sites (tertiary alicyclic amines) is 1. The van der Waals surface area contributed by atoms with Gasteiger partial charge in [0.15, 0.2) is 0 Å². The summed E-state index contributed by atoms with van der Waals surface area (Å²) in [6, 6.07) is 0. The quantitative estimate of drug-likeness (QED) is 0.795. The number of halogens is 3. The van der Waals surface area contributed by atoms with Crippen LogP contribution >= 0.6 is 34.8 Å². The Morgan fingerprint density at radius 2 is 1.65 bits per heavy atom. The number of carbonyl (C=O) groups excluding carboxylic acids is 1. The number of amides is 1. The molecular weight excluding hydrogens is 282 g/mol. The second-order valence-corrected chi connectivity index (χ2v) is 7.78. The maximum absolute atomic E-state index is 12.0. The van der Waals surface area contributed by atoms with Crippen LogP contribution in [0.5, 0.6) is 0 Å². The highest BCUT2D eigenvalue weighted by Gasteiger charge is 2.40. The van der Waals surface area contributed by atoms with Crippen molar-refractivity contribution in [3.05, 3.63) is 0 Å². The number of alkyl halides is 3. The number of hydrogen-bond acceptors (Lipinski definition) is 2. The van der Waals surface area contributed by atoms with Gasteiger partial charge in [-0.1, -0.05) is 55.6 Å². The Bertz CT molecular complexity index is 277. The Balaban J connectivity index is 2.74. The summed E-state index contributed by atoms with van der Waals surface area (Å²) >= 11 is 17.8. The van der Waals surface area contributed by atoms with Crippen molar-refractivity contribution in [1.82, 2.24) is 10.2 Å². The highest BCUT2D eigenvalue weighted by Crippen LogP contribution is 2.34. The van der Waals surface area contributed by atoms with E-state index >= 15 is 0 Å².